The van der Waals surface area contributed by atoms with Crippen molar-refractivity contribution in [3.05, 3.63) is 51.4 Å². The molecular weight excluding hydrogens is 332 g/mol. The number of anilines is 1. The first-order chi connectivity index (χ1) is 11.3. The fourth-order valence-electron chi connectivity index (χ4n) is 2.79. The van der Waals surface area contributed by atoms with Crippen molar-refractivity contribution in [3.63, 3.8) is 0 Å². The molecule has 0 unspecified atom stereocenters. The number of fused-ring (bicyclic) bond motifs is 1. The van der Waals surface area contributed by atoms with Gasteiger partial charge in [-0.25, -0.2) is 8.42 Å². The lowest BCUT2D eigenvalue weighted by molar-refractivity contribution is 0.102. The average molecular weight is 348 g/mol. The predicted octanol–water partition coefficient (Wildman–Crippen LogP) is 1.23. The van der Waals surface area contributed by atoms with Crippen LogP contribution in [0.15, 0.2) is 34.0 Å². The number of carbonyl (C=O) groups is 1. The second-order valence-electron chi connectivity index (χ2n) is 5.74. The number of benzene rings is 1. The molecule has 0 bridgehead atoms. The summed E-state index contributed by atoms with van der Waals surface area (Å²) in [5, 5.41) is 12.7. The van der Waals surface area contributed by atoms with Gasteiger partial charge in [0.05, 0.1) is 4.90 Å². The number of carbonyl (C=O) groups excluding carboxylic acids is 1. The van der Waals surface area contributed by atoms with Gasteiger partial charge >= 0.3 is 0 Å². The van der Waals surface area contributed by atoms with Crippen molar-refractivity contribution in [2.75, 3.05) is 11.6 Å². The van der Waals surface area contributed by atoms with Crippen LogP contribution < -0.4 is 10.9 Å². The monoisotopic (exact) mass is 348 g/mol. The van der Waals surface area contributed by atoms with Gasteiger partial charge in [0, 0.05) is 23.2 Å². The number of aromatic nitrogens is 1. The summed E-state index contributed by atoms with van der Waals surface area (Å²) in [6.07, 6.45) is 3.19. The van der Waals surface area contributed by atoms with E-state index in [4.69, 9.17) is 0 Å². The van der Waals surface area contributed by atoms with E-state index in [9.17, 15) is 23.1 Å². The van der Waals surface area contributed by atoms with Gasteiger partial charge in [0.1, 0.15) is 11.3 Å². The Morgan fingerprint density at radius 2 is 1.88 bits per heavy atom. The zero-order valence-electron chi connectivity index (χ0n) is 12.9. The van der Waals surface area contributed by atoms with Gasteiger partial charge < -0.3 is 15.4 Å². The third-order valence-electron chi connectivity index (χ3n) is 4.00. The first-order valence-corrected chi connectivity index (χ1v) is 9.25. The summed E-state index contributed by atoms with van der Waals surface area (Å²) < 4.78 is 22.8. The molecule has 1 aromatic carbocycles. The SMILES string of the molecule is CS(=O)(=O)c1ccc(NC(=O)c2c(O)c3c([nH]c2=O)CCC3)cc1. The Balaban J connectivity index is 1.90. The third-order valence-corrected chi connectivity index (χ3v) is 5.13. The van der Waals surface area contributed by atoms with E-state index in [1.165, 1.54) is 24.3 Å². The maximum Gasteiger partial charge on any atom is 0.265 e. The number of amides is 1. The lowest BCUT2D eigenvalue weighted by atomic mass is 10.1. The van der Waals surface area contributed by atoms with Crippen LogP contribution in [0.3, 0.4) is 0 Å². The molecule has 0 radical (unpaired) electrons. The maximum absolute atomic E-state index is 12.3. The molecule has 0 saturated heterocycles. The molecule has 1 aliphatic carbocycles. The first-order valence-electron chi connectivity index (χ1n) is 7.36. The minimum absolute atomic E-state index is 0.124. The van der Waals surface area contributed by atoms with E-state index in [-0.39, 0.29) is 16.2 Å². The van der Waals surface area contributed by atoms with Crippen molar-refractivity contribution in [2.24, 2.45) is 0 Å². The minimum Gasteiger partial charge on any atom is -0.507 e. The molecule has 1 heterocycles. The molecule has 1 aliphatic rings. The Morgan fingerprint density at radius 1 is 1.21 bits per heavy atom. The number of pyridine rings is 1. The van der Waals surface area contributed by atoms with E-state index in [0.29, 0.717) is 29.8 Å². The van der Waals surface area contributed by atoms with Crippen molar-refractivity contribution in [3.8, 4) is 5.75 Å². The van der Waals surface area contributed by atoms with Crippen molar-refractivity contribution in [1.29, 1.82) is 0 Å². The molecule has 2 aromatic rings. The van der Waals surface area contributed by atoms with E-state index >= 15 is 0 Å². The fraction of sp³-hybridized carbons (Fsp3) is 0.250. The number of hydrogen-bond donors (Lipinski definition) is 3. The number of H-pyrrole nitrogens is 1. The van der Waals surface area contributed by atoms with Crippen molar-refractivity contribution >= 4 is 21.4 Å². The number of sulfone groups is 1. The highest BCUT2D eigenvalue weighted by Crippen LogP contribution is 2.29. The zero-order chi connectivity index (χ0) is 17.5. The molecule has 126 valence electrons. The predicted molar refractivity (Wildman–Crippen MR) is 88.3 cm³/mol. The largest absolute Gasteiger partial charge is 0.507 e. The van der Waals surface area contributed by atoms with Crippen LogP contribution in [-0.4, -0.2) is 30.7 Å². The standard InChI is InChI=1S/C16H16N2O5S/c1-24(22,23)10-7-5-9(6-8-10)17-15(20)13-14(19)11-3-2-4-12(11)18-16(13)21/h5-8H,2-4H2,1H3,(H,17,20)(H2,18,19,21). The summed E-state index contributed by atoms with van der Waals surface area (Å²) in [7, 11) is -3.33. The Labute approximate surface area is 138 Å². The van der Waals surface area contributed by atoms with Crippen molar-refractivity contribution in [2.45, 2.75) is 24.2 Å². The number of rotatable bonds is 3. The Bertz CT molecular complexity index is 975. The molecule has 3 rings (SSSR count). The first kappa shape index (κ1) is 16.3. The minimum atomic E-state index is -3.33. The molecule has 0 atom stereocenters. The summed E-state index contributed by atoms with van der Waals surface area (Å²) in [6.45, 7) is 0. The van der Waals surface area contributed by atoms with Gasteiger partial charge in [-0.1, -0.05) is 0 Å². The summed E-state index contributed by atoms with van der Waals surface area (Å²) >= 11 is 0. The molecule has 1 amide bonds. The highest BCUT2D eigenvalue weighted by Gasteiger charge is 2.25. The number of aromatic hydroxyl groups is 1. The normalized spacial score (nSPS) is 13.5. The van der Waals surface area contributed by atoms with Crippen LogP contribution in [0.4, 0.5) is 5.69 Å². The van der Waals surface area contributed by atoms with Gasteiger partial charge in [-0.15, -0.1) is 0 Å². The second-order valence-corrected chi connectivity index (χ2v) is 7.75. The molecule has 0 saturated carbocycles. The van der Waals surface area contributed by atoms with Crippen LogP contribution >= 0.6 is 0 Å². The van der Waals surface area contributed by atoms with Crippen molar-refractivity contribution < 1.29 is 18.3 Å². The summed E-state index contributed by atoms with van der Waals surface area (Å²) in [5.74, 6) is -1.02. The van der Waals surface area contributed by atoms with Gasteiger partial charge in [0.2, 0.25) is 0 Å². The number of aromatic amines is 1. The second kappa shape index (κ2) is 5.79. The fourth-order valence-corrected chi connectivity index (χ4v) is 3.42. The van der Waals surface area contributed by atoms with E-state index in [0.717, 1.165) is 12.7 Å². The molecule has 0 fully saturated rings. The van der Waals surface area contributed by atoms with Crippen LogP contribution in [0.2, 0.25) is 0 Å². The van der Waals surface area contributed by atoms with E-state index in [1.54, 1.807) is 0 Å². The average Bonchev–Trinajstić information content (AvgIpc) is 2.95. The van der Waals surface area contributed by atoms with E-state index < -0.39 is 21.3 Å². The smallest absolute Gasteiger partial charge is 0.265 e. The zero-order valence-corrected chi connectivity index (χ0v) is 13.7. The molecule has 0 aliphatic heterocycles. The molecule has 1 aromatic heterocycles. The molecule has 7 nitrogen and oxygen atoms in total. The highest BCUT2D eigenvalue weighted by molar-refractivity contribution is 7.90. The van der Waals surface area contributed by atoms with Gasteiger partial charge in [-0.3, -0.25) is 9.59 Å². The lowest BCUT2D eigenvalue weighted by Crippen LogP contribution is -2.24. The summed E-state index contributed by atoms with van der Waals surface area (Å²) in [5.41, 5.74) is 0.631. The molecule has 24 heavy (non-hydrogen) atoms. The molecule has 0 spiro atoms. The summed E-state index contributed by atoms with van der Waals surface area (Å²) in [6, 6.07) is 5.56. The van der Waals surface area contributed by atoms with Gasteiger partial charge in [-0.05, 0) is 43.5 Å². The molecular formula is C16H16N2O5S. The van der Waals surface area contributed by atoms with E-state index in [1.807, 2.05) is 0 Å². The van der Waals surface area contributed by atoms with Crippen LogP contribution in [0.1, 0.15) is 28.0 Å². The number of aryl methyl sites for hydroxylation is 1. The Kier molecular flexibility index (Phi) is 3.92. The van der Waals surface area contributed by atoms with Gasteiger partial charge in [-0.2, -0.15) is 0 Å². The Hall–Kier alpha value is -2.61. The number of nitrogens with one attached hydrogen (secondary N) is 2. The number of hydrogen-bond acceptors (Lipinski definition) is 5. The van der Waals surface area contributed by atoms with Crippen LogP contribution in [0, 0.1) is 0 Å². The van der Waals surface area contributed by atoms with Gasteiger partial charge in [0.25, 0.3) is 11.5 Å². The third kappa shape index (κ3) is 2.92. The van der Waals surface area contributed by atoms with Crippen molar-refractivity contribution in [1.82, 2.24) is 4.98 Å². The molecule has 3 N–H and O–H groups in total. The van der Waals surface area contributed by atoms with Crippen LogP contribution in [-0.2, 0) is 22.7 Å². The van der Waals surface area contributed by atoms with Crippen LogP contribution in [0.25, 0.3) is 0 Å². The highest BCUT2D eigenvalue weighted by atomic mass is 32.2. The van der Waals surface area contributed by atoms with Crippen LogP contribution in [0.5, 0.6) is 5.75 Å². The topological polar surface area (TPSA) is 116 Å². The molecule has 8 heteroatoms. The summed E-state index contributed by atoms with van der Waals surface area (Å²) in [4.78, 5) is 27.2. The quantitative estimate of drug-likeness (QED) is 0.771. The lowest BCUT2D eigenvalue weighted by Gasteiger charge is -2.10. The maximum atomic E-state index is 12.3. The van der Waals surface area contributed by atoms with E-state index in [2.05, 4.69) is 10.3 Å². The van der Waals surface area contributed by atoms with Gasteiger partial charge in [0.15, 0.2) is 9.84 Å². The Morgan fingerprint density at radius 3 is 2.50 bits per heavy atom.